The number of hydrogen-bond donors (Lipinski definition) is 1. The van der Waals surface area contributed by atoms with Crippen LogP contribution in [0.5, 0.6) is 0 Å². The smallest absolute Gasteiger partial charge is 0.237 e. The van der Waals surface area contributed by atoms with Gasteiger partial charge in [0.15, 0.2) is 0 Å². The lowest BCUT2D eigenvalue weighted by Gasteiger charge is -2.28. The van der Waals surface area contributed by atoms with E-state index in [0.29, 0.717) is 31.7 Å². The van der Waals surface area contributed by atoms with Crippen LogP contribution in [0.3, 0.4) is 0 Å². The van der Waals surface area contributed by atoms with Crippen molar-refractivity contribution >= 4 is 17.5 Å². The number of amides is 2. The van der Waals surface area contributed by atoms with Crippen LogP contribution < -0.4 is 10.2 Å². The maximum absolute atomic E-state index is 13.4. The minimum atomic E-state index is -0.692. The van der Waals surface area contributed by atoms with Crippen LogP contribution in [0.4, 0.5) is 5.69 Å². The average molecular weight is 379 g/mol. The number of carbonyl (C=O) groups is 2. The summed E-state index contributed by atoms with van der Waals surface area (Å²) in [7, 11) is 1.83. The SMILES string of the molecule is CC(C)CCNC(=O)CCC1(Cc2ccccc2)C(=O)N(C)c2ccccc21. The summed E-state index contributed by atoms with van der Waals surface area (Å²) in [6.45, 7) is 4.97. The van der Waals surface area contributed by atoms with Crippen LogP contribution in [0.1, 0.15) is 44.2 Å². The quantitative estimate of drug-likeness (QED) is 0.752. The Bertz CT molecular complexity index is 832. The van der Waals surface area contributed by atoms with E-state index >= 15 is 0 Å². The van der Waals surface area contributed by atoms with E-state index < -0.39 is 5.41 Å². The number of anilines is 1. The zero-order chi connectivity index (χ0) is 20.1. The molecule has 148 valence electrons. The largest absolute Gasteiger partial charge is 0.356 e. The molecule has 2 aromatic carbocycles. The van der Waals surface area contributed by atoms with Crippen molar-refractivity contribution in [2.24, 2.45) is 5.92 Å². The molecule has 0 saturated carbocycles. The standard InChI is InChI=1S/C24H30N2O2/c1-18(2)14-16-25-22(27)13-15-24(17-19-9-5-4-6-10-19)20-11-7-8-12-21(20)26(3)23(24)28/h4-12,18H,13-17H2,1-3H3,(H,25,27). The minimum absolute atomic E-state index is 0.0212. The van der Waals surface area contributed by atoms with Crippen LogP contribution in [-0.2, 0) is 21.4 Å². The predicted octanol–water partition coefficient (Wildman–Crippen LogP) is 4.09. The fourth-order valence-corrected chi connectivity index (χ4v) is 4.08. The first kappa shape index (κ1) is 20.1. The normalized spacial score (nSPS) is 18.4. The molecule has 1 atom stereocenters. The third-order valence-electron chi connectivity index (χ3n) is 5.67. The monoisotopic (exact) mass is 378 g/mol. The third-order valence-corrected chi connectivity index (χ3v) is 5.67. The molecular weight excluding hydrogens is 348 g/mol. The minimum Gasteiger partial charge on any atom is -0.356 e. The summed E-state index contributed by atoms with van der Waals surface area (Å²) >= 11 is 0. The van der Waals surface area contributed by atoms with Crippen LogP contribution in [0.25, 0.3) is 0 Å². The van der Waals surface area contributed by atoms with Gasteiger partial charge in [-0.15, -0.1) is 0 Å². The third kappa shape index (κ3) is 4.11. The highest BCUT2D eigenvalue weighted by Gasteiger charge is 2.49. The van der Waals surface area contributed by atoms with Gasteiger partial charge in [0.1, 0.15) is 0 Å². The summed E-state index contributed by atoms with van der Waals surface area (Å²) in [4.78, 5) is 27.6. The second kappa shape index (κ2) is 8.59. The zero-order valence-electron chi connectivity index (χ0n) is 17.1. The topological polar surface area (TPSA) is 49.4 Å². The van der Waals surface area contributed by atoms with Gasteiger partial charge in [0.25, 0.3) is 0 Å². The molecule has 0 spiro atoms. The maximum Gasteiger partial charge on any atom is 0.237 e. The number of benzene rings is 2. The molecule has 0 saturated heterocycles. The van der Waals surface area contributed by atoms with Crippen LogP contribution in [-0.4, -0.2) is 25.4 Å². The number of nitrogens with zero attached hydrogens (tertiary/aromatic N) is 1. The van der Waals surface area contributed by atoms with Crippen molar-refractivity contribution in [2.75, 3.05) is 18.5 Å². The Hall–Kier alpha value is -2.62. The first-order valence-electron chi connectivity index (χ1n) is 10.1. The number of carbonyl (C=O) groups excluding carboxylic acids is 2. The Balaban J connectivity index is 1.84. The molecule has 1 N–H and O–H groups in total. The summed E-state index contributed by atoms with van der Waals surface area (Å²) in [5.74, 6) is 0.655. The van der Waals surface area contributed by atoms with Gasteiger partial charge in [-0.05, 0) is 42.4 Å². The number of para-hydroxylation sites is 1. The first-order chi connectivity index (χ1) is 13.4. The number of fused-ring (bicyclic) bond motifs is 1. The van der Waals surface area contributed by atoms with Gasteiger partial charge >= 0.3 is 0 Å². The first-order valence-corrected chi connectivity index (χ1v) is 10.1. The molecule has 1 heterocycles. The molecule has 0 radical (unpaired) electrons. The van der Waals surface area contributed by atoms with E-state index in [0.717, 1.165) is 23.2 Å². The highest BCUT2D eigenvalue weighted by atomic mass is 16.2. The molecule has 4 heteroatoms. The Morgan fingerprint density at radius 1 is 1.07 bits per heavy atom. The van der Waals surface area contributed by atoms with E-state index in [1.54, 1.807) is 4.90 Å². The summed E-state index contributed by atoms with van der Waals surface area (Å²) in [5, 5.41) is 3.01. The fraction of sp³-hybridized carbons (Fsp3) is 0.417. The summed E-state index contributed by atoms with van der Waals surface area (Å²) in [5.41, 5.74) is 2.40. The zero-order valence-corrected chi connectivity index (χ0v) is 17.1. The van der Waals surface area contributed by atoms with Crippen LogP contribution in [0.15, 0.2) is 54.6 Å². The fourth-order valence-electron chi connectivity index (χ4n) is 4.08. The molecular formula is C24H30N2O2. The molecule has 0 aliphatic carbocycles. The van der Waals surface area contributed by atoms with Gasteiger partial charge in [0.2, 0.25) is 11.8 Å². The summed E-state index contributed by atoms with van der Waals surface area (Å²) in [6.07, 6.45) is 2.42. The summed E-state index contributed by atoms with van der Waals surface area (Å²) in [6, 6.07) is 18.0. The van der Waals surface area contributed by atoms with Crippen molar-refractivity contribution in [1.82, 2.24) is 5.32 Å². The summed E-state index contributed by atoms with van der Waals surface area (Å²) < 4.78 is 0. The van der Waals surface area contributed by atoms with E-state index in [4.69, 9.17) is 0 Å². The maximum atomic E-state index is 13.4. The lowest BCUT2D eigenvalue weighted by molar-refractivity contribution is -0.124. The molecule has 2 amide bonds. The van der Waals surface area contributed by atoms with Gasteiger partial charge in [-0.1, -0.05) is 62.4 Å². The second-order valence-electron chi connectivity index (χ2n) is 8.16. The molecule has 4 nitrogen and oxygen atoms in total. The number of hydrogen-bond acceptors (Lipinski definition) is 2. The van der Waals surface area contributed by atoms with Gasteiger partial charge < -0.3 is 10.2 Å². The Kier molecular flexibility index (Phi) is 6.18. The lowest BCUT2D eigenvalue weighted by Crippen LogP contribution is -2.41. The van der Waals surface area contributed by atoms with Gasteiger partial charge in [-0.25, -0.2) is 0 Å². The van der Waals surface area contributed by atoms with E-state index in [9.17, 15) is 9.59 Å². The molecule has 1 aliphatic rings. The Labute approximate surface area is 167 Å². The lowest BCUT2D eigenvalue weighted by atomic mass is 9.73. The second-order valence-corrected chi connectivity index (χ2v) is 8.16. The van der Waals surface area contributed by atoms with Crippen molar-refractivity contribution < 1.29 is 9.59 Å². The van der Waals surface area contributed by atoms with E-state index in [-0.39, 0.29) is 11.8 Å². The molecule has 3 rings (SSSR count). The molecule has 2 aromatic rings. The van der Waals surface area contributed by atoms with Gasteiger partial charge in [-0.3, -0.25) is 9.59 Å². The van der Waals surface area contributed by atoms with E-state index in [1.807, 2.05) is 49.5 Å². The highest BCUT2D eigenvalue weighted by molar-refractivity contribution is 6.08. The van der Waals surface area contributed by atoms with Crippen molar-refractivity contribution in [1.29, 1.82) is 0 Å². The number of nitrogens with one attached hydrogen (secondary N) is 1. The van der Waals surface area contributed by atoms with Gasteiger partial charge in [-0.2, -0.15) is 0 Å². The van der Waals surface area contributed by atoms with Crippen LogP contribution in [0, 0.1) is 5.92 Å². The molecule has 0 bridgehead atoms. The van der Waals surface area contributed by atoms with Crippen molar-refractivity contribution in [3.05, 3.63) is 65.7 Å². The van der Waals surface area contributed by atoms with E-state index in [2.05, 4.69) is 31.3 Å². The van der Waals surface area contributed by atoms with Crippen molar-refractivity contribution in [3.63, 3.8) is 0 Å². The van der Waals surface area contributed by atoms with Crippen molar-refractivity contribution in [2.45, 2.75) is 44.9 Å². The molecule has 1 aliphatic heterocycles. The Morgan fingerprint density at radius 3 is 2.46 bits per heavy atom. The van der Waals surface area contributed by atoms with Crippen LogP contribution in [0.2, 0.25) is 0 Å². The highest BCUT2D eigenvalue weighted by Crippen LogP contribution is 2.46. The van der Waals surface area contributed by atoms with Crippen LogP contribution >= 0.6 is 0 Å². The molecule has 1 unspecified atom stereocenters. The number of likely N-dealkylation sites (N-methyl/N-ethyl adjacent to an activating group) is 1. The Morgan fingerprint density at radius 2 is 1.75 bits per heavy atom. The average Bonchev–Trinajstić information content (AvgIpc) is 2.90. The molecule has 0 aromatic heterocycles. The molecule has 28 heavy (non-hydrogen) atoms. The van der Waals surface area contributed by atoms with Gasteiger partial charge in [0, 0.05) is 25.7 Å². The molecule has 0 fully saturated rings. The van der Waals surface area contributed by atoms with E-state index in [1.165, 1.54) is 0 Å². The predicted molar refractivity (Wildman–Crippen MR) is 113 cm³/mol. The van der Waals surface area contributed by atoms with Crippen molar-refractivity contribution in [3.8, 4) is 0 Å². The van der Waals surface area contributed by atoms with Gasteiger partial charge in [0.05, 0.1) is 5.41 Å². The number of rotatable bonds is 8.